The van der Waals surface area contributed by atoms with Crippen molar-refractivity contribution in [2.24, 2.45) is 0 Å². The molecular formula is C25H26ClN3O3. The summed E-state index contributed by atoms with van der Waals surface area (Å²) in [6.07, 6.45) is 3.53. The number of methoxy groups -OCH3 is 1. The van der Waals surface area contributed by atoms with Gasteiger partial charge in [-0.05, 0) is 60.0 Å². The van der Waals surface area contributed by atoms with E-state index in [1.165, 1.54) is 0 Å². The van der Waals surface area contributed by atoms with E-state index in [2.05, 4.69) is 10.3 Å². The van der Waals surface area contributed by atoms with Crippen LogP contribution in [0.4, 0.5) is 0 Å². The van der Waals surface area contributed by atoms with Crippen LogP contribution in [0.1, 0.15) is 23.6 Å². The van der Waals surface area contributed by atoms with Gasteiger partial charge in [0.25, 0.3) is 0 Å². The second-order valence-corrected chi connectivity index (χ2v) is 7.86. The molecular weight excluding hydrogens is 426 g/mol. The van der Waals surface area contributed by atoms with Gasteiger partial charge in [0.1, 0.15) is 11.8 Å². The number of nitrogens with one attached hydrogen (secondary N) is 1. The lowest BCUT2D eigenvalue weighted by Gasteiger charge is -2.29. The number of benzene rings is 2. The van der Waals surface area contributed by atoms with Gasteiger partial charge in [-0.1, -0.05) is 35.9 Å². The molecule has 6 nitrogen and oxygen atoms in total. The maximum Gasteiger partial charge on any atom is 0.242 e. The monoisotopic (exact) mass is 451 g/mol. The van der Waals surface area contributed by atoms with Gasteiger partial charge in [0.05, 0.1) is 13.5 Å². The minimum Gasteiger partial charge on any atom is -0.497 e. The molecule has 1 atom stereocenters. The van der Waals surface area contributed by atoms with Crippen molar-refractivity contribution in [1.82, 2.24) is 15.2 Å². The van der Waals surface area contributed by atoms with Gasteiger partial charge >= 0.3 is 0 Å². The first kappa shape index (κ1) is 23.3. The summed E-state index contributed by atoms with van der Waals surface area (Å²) in [4.78, 5) is 31.7. The maximum atomic E-state index is 13.2. The molecule has 7 heteroatoms. The fourth-order valence-electron chi connectivity index (χ4n) is 3.23. The summed E-state index contributed by atoms with van der Waals surface area (Å²) in [5.74, 6) is 0.366. The predicted octanol–water partition coefficient (Wildman–Crippen LogP) is 4.02. The molecule has 1 unspecified atom stereocenters. The molecule has 1 N–H and O–H groups in total. The van der Waals surface area contributed by atoms with E-state index in [0.29, 0.717) is 18.1 Å². The van der Waals surface area contributed by atoms with Gasteiger partial charge in [-0.2, -0.15) is 0 Å². The Morgan fingerprint density at radius 3 is 2.22 bits per heavy atom. The Hall–Kier alpha value is -3.38. The van der Waals surface area contributed by atoms with Crippen LogP contribution in [0.5, 0.6) is 5.75 Å². The van der Waals surface area contributed by atoms with E-state index in [9.17, 15) is 9.59 Å². The number of halogens is 1. The Balaban J connectivity index is 1.74. The molecule has 0 bridgehead atoms. The van der Waals surface area contributed by atoms with Crippen molar-refractivity contribution in [2.75, 3.05) is 7.11 Å². The molecule has 0 fully saturated rings. The van der Waals surface area contributed by atoms with E-state index < -0.39 is 6.04 Å². The lowest BCUT2D eigenvalue weighted by molar-refractivity contribution is -0.140. The largest absolute Gasteiger partial charge is 0.497 e. The number of hydrogen-bond acceptors (Lipinski definition) is 4. The molecule has 32 heavy (non-hydrogen) atoms. The smallest absolute Gasteiger partial charge is 0.242 e. The van der Waals surface area contributed by atoms with E-state index in [1.54, 1.807) is 43.5 Å². The average Bonchev–Trinajstić information content (AvgIpc) is 2.83. The zero-order valence-corrected chi connectivity index (χ0v) is 18.9. The quantitative estimate of drug-likeness (QED) is 0.533. The number of aromatic nitrogens is 1. The van der Waals surface area contributed by atoms with Crippen LogP contribution in [0.2, 0.25) is 5.02 Å². The molecule has 1 aromatic heterocycles. The van der Waals surface area contributed by atoms with E-state index in [4.69, 9.17) is 16.3 Å². The SMILES string of the molecule is COc1ccc(CN(C(=O)Cc2ccc(Cl)cc2)C(C)C(=O)NCc2ccncc2)cc1. The number of amides is 2. The molecule has 2 aromatic carbocycles. The standard InChI is InChI=1S/C25H26ClN3O3/c1-18(25(31)28-16-20-11-13-27-14-12-20)29(17-21-5-9-23(32-2)10-6-21)24(30)15-19-3-7-22(26)8-4-19/h3-14,18H,15-17H2,1-2H3,(H,28,31). The molecule has 0 aliphatic carbocycles. The Kier molecular flexibility index (Phi) is 8.22. The zero-order valence-electron chi connectivity index (χ0n) is 18.1. The van der Waals surface area contributed by atoms with E-state index in [1.807, 2.05) is 48.5 Å². The van der Waals surface area contributed by atoms with Crippen LogP contribution in [0, 0.1) is 0 Å². The molecule has 0 aliphatic heterocycles. The van der Waals surface area contributed by atoms with Gasteiger partial charge in [-0.15, -0.1) is 0 Å². The third kappa shape index (κ3) is 6.56. The Morgan fingerprint density at radius 1 is 0.969 bits per heavy atom. The van der Waals surface area contributed by atoms with Crippen molar-refractivity contribution in [2.45, 2.75) is 32.5 Å². The lowest BCUT2D eigenvalue weighted by Crippen LogP contribution is -2.47. The summed E-state index contributed by atoms with van der Waals surface area (Å²) in [6, 6.07) is 17.6. The Morgan fingerprint density at radius 2 is 1.59 bits per heavy atom. The molecule has 0 saturated carbocycles. The van der Waals surface area contributed by atoms with E-state index in [0.717, 1.165) is 22.4 Å². The van der Waals surface area contributed by atoms with Crippen molar-refractivity contribution in [3.8, 4) is 5.75 Å². The second-order valence-electron chi connectivity index (χ2n) is 7.42. The number of hydrogen-bond donors (Lipinski definition) is 1. The van der Waals surface area contributed by atoms with Crippen LogP contribution < -0.4 is 10.1 Å². The van der Waals surface area contributed by atoms with Crippen LogP contribution >= 0.6 is 11.6 Å². The van der Waals surface area contributed by atoms with Crippen LogP contribution in [0.15, 0.2) is 73.1 Å². The summed E-state index contributed by atoms with van der Waals surface area (Å²) in [6.45, 7) is 2.42. The number of rotatable bonds is 9. The van der Waals surface area contributed by atoms with Gasteiger partial charge < -0.3 is 15.0 Å². The molecule has 166 valence electrons. The first-order chi connectivity index (χ1) is 15.5. The van der Waals surface area contributed by atoms with E-state index >= 15 is 0 Å². The fraction of sp³-hybridized carbons (Fsp3) is 0.240. The van der Waals surface area contributed by atoms with Gasteiger partial charge in [-0.3, -0.25) is 14.6 Å². The molecule has 1 heterocycles. The molecule has 3 aromatic rings. The third-order valence-electron chi connectivity index (χ3n) is 5.16. The van der Waals surface area contributed by atoms with Gasteiger partial charge in [0, 0.05) is 30.5 Å². The van der Waals surface area contributed by atoms with Crippen molar-refractivity contribution in [1.29, 1.82) is 0 Å². The number of nitrogens with zero attached hydrogens (tertiary/aromatic N) is 2. The first-order valence-corrected chi connectivity index (χ1v) is 10.7. The molecule has 2 amide bonds. The molecule has 0 spiro atoms. The first-order valence-electron chi connectivity index (χ1n) is 10.3. The summed E-state index contributed by atoms with van der Waals surface area (Å²) >= 11 is 5.96. The van der Waals surface area contributed by atoms with Crippen molar-refractivity contribution in [3.63, 3.8) is 0 Å². The van der Waals surface area contributed by atoms with Crippen LogP contribution in [0.25, 0.3) is 0 Å². The number of carbonyl (C=O) groups is 2. The number of ether oxygens (including phenoxy) is 1. The topological polar surface area (TPSA) is 71.5 Å². The molecule has 0 saturated heterocycles. The van der Waals surface area contributed by atoms with Gasteiger partial charge in [0.15, 0.2) is 0 Å². The predicted molar refractivity (Wildman–Crippen MR) is 124 cm³/mol. The van der Waals surface area contributed by atoms with Crippen LogP contribution in [-0.2, 0) is 29.1 Å². The van der Waals surface area contributed by atoms with Gasteiger partial charge in [-0.25, -0.2) is 0 Å². The maximum absolute atomic E-state index is 13.2. The Bertz CT molecular complexity index is 1020. The highest BCUT2D eigenvalue weighted by Crippen LogP contribution is 2.17. The zero-order chi connectivity index (χ0) is 22.9. The number of carbonyl (C=O) groups excluding carboxylic acids is 2. The normalized spacial score (nSPS) is 11.5. The Labute approximate surface area is 193 Å². The third-order valence-corrected chi connectivity index (χ3v) is 5.42. The van der Waals surface area contributed by atoms with Crippen LogP contribution in [-0.4, -0.2) is 34.8 Å². The van der Waals surface area contributed by atoms with E-state index in [-0.39, 0.29) is 18.2 Å². The molecule has 0 radical (unpaired) electrons. The highest BCUT2D eigenvalue weighted by atomic mass is 35.5. The highest BCUT2D eigenvalue weighted by molar-refractivity contribution is 6.30. The van der Waals surface area contributed by atoms with Crippen LogP contribution in [0.3, 0.4) is 0 Å². The minimum absolute atomic E-state index is 0.144. The summed E-state index contributed by atoms with van der Waals surface area (Å²) in [5, 5.41) is 3.52. The molecule has 0 aliphatic rings. The van der Waals surface area contributed by atoms with Crippen molar-refractivity contribution >= 4 is 23.4 Å². The number of pyridine rings is 1. The van der Waals surface area contributed by atoms with Crippen molar-refractivity contribution < 1.29 is 14.3 Å². The minimum atomic E-state index is -0.654. The lowest BCUT2D eigenvalue weighted by atomic mass is 10.1. The summed E-state index contributed by atoms with van der Waals surface area (Å²) in [5.41, 5.74) is 2.68. The van der Waals surface area contributed by atoms with Gasteiger partial charge in [0.2, 0.25) is 11.8 Å². The fourth-order valence-corrected chi connectivity index (χ4v) is 3.35. The average molecular weight is 452 g/mol. The van der Waals surface area contributed by atoms with Crippen molar-refractivity contribution in [3.05, 3.63) is 94.8 Å². The summed E-state index contributed by atoms with van der Waals surface area (Å²) < 4.78 is 5.21. The highest BCUT2D eigenvalue weighted by Gasteiger charge is 2.26. The summed E-state index contributed by atoms with van der Waals surface area (Å²) in [7, 11) is 1.60. The molecule has 3 rings (SSSR count). The second kappa shape index (κ2) is 11.3.